The molecule has 0 N–H and O–H groups in total. The van der Waals surface area contributed by atoms with Gasteiger partial charge >= 0.3 is 6.09 Å². The number of hydrogen-bond donors (Lipinski definition) is 0. The van der Waals surface area contributed by atoms with Crippen molar-refractivity contribution in [1.29, 1.82) is 0 Å². The number of ether oxygens (including phenoxy) is 1. The van der Waals surface area contributed by atoms with Gasteiger partial charge in [0.2, 0.25) is 0 Å². The highest BCUT2D eigenvalue weighted by molar-refractivity contribution is 9.10. The zero-order valence-corrected chi connectivity index (χ0v) is 14.9. The Bertz CT molecular complexity index is 513. The summed E-state index contributed by atoms with van der Waals surface area (Å²) >= 11 is 9.28. The summed E-state index contributed by atoms with van der Waals surface area (Å²) in [5.41, 5.74) is -0.453. The number of hydrogen-bond acceptors (Lipinski definition) is 3. The number of amides is 1. The number of aromatic nitrogens is 2. The molecule has 1 atom stereocenters. The molecule has 1 saturated heterocycles. The zero-order chi connectivity index (χ0) is 15.6. The second-order valence-corrected chi connectivity index (χ2v) is 7.52. The molecular formula is C14H21BrClN3O2. The van der Waals surface area contributed by atoms with Crippen molar-refractivity contribution in [1.82, 2.24) is 14.5 Å². The summed E-state index contributed by atoms with van der Waals surface area (Å²) in [4.78, 5) is 18.1. The summed E-state index contributed by atoms with van der Waals surface area (Å²) in [7, 11) is 0. The van der Waals surface area contributed by atoms with Gasteiger partial charge in [-0.05, 0) is 55.5 Å². The first-order valence-electron chi connectivity index (χ1n) is 7.11. The Hall–Kier alpha value is -0.750. The smallest absolute Gasteiger partial charge is 0.410 e. The van der Waals surface area contributed by atoms with Crippen molar-refractivity contribution in [2.45, 2.75) is 45.8 Å². The van der Waals surface area contributed by atoms with Gasteiger partial charge in [-0.15, -0.1) is 0 Å². The Labute approximate surface area is 138 Å². The third-order valence-electron chi connectivity index (χ3n) is 3.32. The first-order chi connectivity index (χ1) is 9.74. The van der Waals surface area contributed by atoms with Gasteiger partial charge in [-0.25, -0.2) is 9.78 Å². The number of piperidine rings is 1. The molecule has 1 amide bonds. The molecule has 0 aromatic carbocycles. The normalized spacial score (nSPS) is 19.7. The van der Waals surface area contributed by atoms with Crippen LogP contribution in [-0.2, 0) is 11.3 Å². The molecule has 0 saturated carbocycles. The maximum Gasteiger partial charge on any atom is 0.410 e. The van der Waals surface area contributed by atoms with Gasteiger partial charge in [-0.3, -0.25) is 0 Å². The van der Waals surface area contributed by atoms with Crippen LogP contribution >= 0.6 is 27.5 Å². The Balaban J connectivity index is 1.94. The summed E-state index contributed by atoms with van der Waals surface area (Å²) in [6, 6.07) is 0. The average molecular weight is 379 g/mol. The number of likely N-dealkylation sites (tertiary alicyclic amines) is 1. The molecule has 1 unspecified atom stereocenters. The average Bonchev–Trinajstić information content (AvgIpc) is 2.66. The highest BCUT2D eigenvalue weighted by atomic mass is 79.9. The van der Waals surface area contributed by atoms with Crippen LogP contribution in [0.1, 0.15) is 33.6 Å². The first-order valence-corrected chi connectivity index (χ1v) is 8.28. The molecule has 7 heteroatoms. The van der Waals surface area contributed by atoms with E-state index < -0.39 is 5.60 Å². The maximum absolute atomic E-state index is 12.1. The minimum atomic E-state index is -0.453. The molecule has 0 spiro atoms. The highest BCUT2D eigenvalue weighted by Crippen LogP contribution is 2.23. The zero-order valence-electron chi connectivity index (χ0n) is 12.6. The van der Waals surface area contributed by atoms with E-state index in [0.717, 1.165) is 30.7 Å². The number of rotatable bonds is 2. The van der Waals surface area contributed by atoms with E-state index in [4.69, 9.17) is 16.3 Å². The monoisotopic (exact) mass is 377 g/mol. The third kappa shape index (κ3) is 4.88. The molecule has 1 aromatic heterocycles. The molecule has 0 aliphatic carbocycles. The van der Waals surface area contributed by atoms with E-state index in [1.807, 2.05) is 25.3 Å². The predicted molar refractivity (Wildman–Crippen MR) is 85.5 cm³/mol. The van der Waals surface area contributed by atoms with Crippen molar-refractivity contribution in [3.63, 3.8) is 0 Å². The van der Waals surface area contributed by atoms with Gasteiger partial charge in [0.1, 0.15) is 10.8 Å². The van der Waals surface area contributed by atoms with Gasteiger partial charge < -0.3 is 14.2 Å². The predicted octanol–water partition coefficient (Wildman–Crippen LogP) is 3.95. The Morgan fingerprint density at radius 1 is 1.57 bits per heavy atom. The largest absolute Gasteiger partial charge is 0.444 e. The minimum absolute atomic E-state index is 0.227. The Kier molecular flexibility index (Phi) is 5.20. The number of halogens is 2. The third-order valence-corrected chi connectivity index (χ3v) is 4.14. The lowest BCUT2D eigenvalue weighted by Gasteiger charge is -2.34. The number of imidazole rings is 1. The van der Waals surface area contributed by atoms with Gasteiger partial charge in [0, 0.05) is 25.8 Å². The van der Waals surface area contributed by atoms with E-state index in [-0.39, 0.29) is 6.09 Å². The van der Waals surface area contributed by atoms with E-state index in [1.165, 1.54) is 0 Å². The molecule has 2 heterocycles. The van der Waals surface area contributed by atoms with Crippen LogP contribution < -0.4 is 0 Å². The molecule has 1 aromatic rings. The van der Waals surface area contributed by atoms with Gasteiger partial charge in [0.05, 0.1) is 0 Å². The lowest BCUT2D eigenvalue weighted by Crippen LogP contribution is -2.43. The van der Waals surface area contributed by atoms with Gasteiger partial charge in [-0.2, -0.15) is 0 Å². The van der Waals surface area contributed by atoms with Crippen LogP contribution in [0.25, 0.3) is 0 Å². The summed E-state index contributed by atoms with van der Waals surface area (Å²) < 4.78 is 8.14. The minimum Gasteiger partial charge on any atom is -0.444 e. The van der Waals surface area contributed by atoms with Crippen molar-refractivity contribution in [3.8, 4) is 0 Å². The summed E-state index contributed by atoms with van der Waals surface area (Å²) in [5, 5.41) is 0.474. The van der Waals surface area contributed by atoms with Crippen LogP contribution in [-0.4, -0.2) is 39.2 Å². The molecule has 21 heavy (non-hydrogen) atoms. The Morgan fingerprint density at radius 3 is 2.86 bits per heavy atom. The van der Waals surface area contributed by atoms with Gasteiger partial charge in [-0.1, -0.05) is 11.6 Å². The quantitative estimate of drug-likeness (QED) is 0.783. The van der Waals surface area contributed by atoms with Crippen LogP contribution in [0.3, 0.4) is 0 Å². The van der Waals surface area contributed by atoms with E-state index in [9.17, 15) is 4.79 Å². The lowest BCUT2D eigenvalue weighted by atomic mass is 9.98. The molecule has 1 fully saturated rings. The summed E-state index contributed by atoms with van der Waals surface area (Å²) in [6.45, 7) is 7.92. The summed E-state index contributed by atoms with van der Waals surface area (Å²) in [6.07, 6.45) is 3.65. The van der Waals surface area contributed by atoms with Crippen molar-refractivity contribution >= 4 is 33.6 Å². The van der Waals surface area contributed by atoms with Crippen molar-refractivity contribution < 1.29 is 9.53 Å². The van der Waals surface area contributed by atoms with Crippen LogP contribution in [0.4, 0.5) is 4.79 Å². The van der Waals surface area contributed by atoms with Crippen molar-refractivity contribution in [2.75, 3.05) is 13.1 Å². The second-order valence-electron chi connectivity index (χ2n) is 6.42. The van der Waals surface area contributed by atoms with E-state index >= 15 is 0 Å². The van der Waals surface area contributed by atoms with E-state index in [0.29, 0.717) is 17.6 Å². The second kappa shape index (κ2) is 6.57. The number of nitrogens with zero attached hydrogens (tertiary/aromatic N) is 3. The van der Waals surface area contributed by atoms with Crippen molar-refractivity contribution in [2.24, 2.45) is 5.92 Å². The van der Waals surface area contributed by atoms with E-state index in [2.05, 4.69) is 20.9 Å². The molecule has 1 aliphatic heterocycles. The molecular weight excluding hydrogens is 358 g/mol. The standard InChI is InChI=1S/C14H21BrClN3O2/c1-14(2,3)21-13(20)18-6-4-5-10(7-18)8-19-9-11(16)17-12(19)15/h9-10H,4-8H2,1-3H3. The van der Waals surface area contributed by atoms with Gasteiger partial charge in [0.15, 0.2) is 4.73 Å². The van der Waals surface area contributed by atoms with Crippen LogP contribution in [0.2, 0.25) is 5.15 Å². The number of carbonyl (C=O) groups excluding carboxylic acids is 1. The number of carbonyl (C=O) groups is 1. The first kappa shape index (κ1) is 16.6. The van der Waals surface area contributed by atoms with Crippen molar-refractivity contribution in [3.05, 3.63) is 16.1 Å². The van der Waals surface area contributed by atoms with Gasteiger partial charge in [0.25, 0.3) is 0 Å². The fraction of sp³-hybridized carbons (Fsp3) is 0.714. The van der Waals surface area contributed by atoms with E-state index in [1.54, 1.807) is 11.1 Å². The topological polar surface area (TPSA) is 47.4 Å². The molecule has 0 bridgehead atoms. The molecule has 118 valence electrons. The fourth-order valence-corrected chi connectivity index (χ4v) is 3.21. The molecule has 5 nitrogen and oxygen atoms in total. The molecule has 2 rings (SSSR count). The van der Waals surface area contributed by atoms with Crippen LogP contribution in [0, 0.1) is 5.92 Å². The van der Waals surface area contributed by atoms with Crippen LogP contribution in [0.5, 0.6) is 0 Å². The summed E-state index contributed by atoms with van der Waals surface area (Å²) in [5.74, 6) is 0.382. The molecule has 0 radical (unpaired) electrons. The highest BCUT2D eigenvalue weighted by Gasteiger charge is 2.28. The maximum atomic E-state index is 12.1. The fourth-order valence-electron chi connectivity index (χ4n) is 2.48. The SMILES string of the molecule is CC(C)(C)OC(=O)N1CCCC(Cn2cc(Cl)nc2Br)C1. The lowest BCUT2D eigenvalue weighted by molar-refractivity contribution is 0.0157. The Morgan fingerprint density at radius 2 is 2.29 bits per heavy atom. The van der Waals surface area contributed by atoms with Crippen LogP contribution in [0.15, 0.2) is 10.9 Å². The molecule has 1 aliphatic rings.